The Hall–Kier alpha value is -2.15. The molecule has 5 rings (SSSR count). The Bertz CT molecular complexity index is 888. The number of hydrogen-bond acceptors (Lipinski definition) is 5. The number of aryl methyl sites for hydroxylation is 1. The lowest BCUT2D eigenvalue weighted by Gasteiger charge is -2.41. The number of nitrogens with one attached hydrogen (secondary N) is 1. The van der Waals surface area contributed by atoms with Crippen molar-refractivity contribution in [1.29, 1.82) is 0 Å². The number of aliphatic carboxylic acids is 1. The van der Waals surface area contributed by atoms with Gasteiger partial charge in [-0.05, 0) is 69.3 Å². The summed E-state index contributed by atoms with van der Waals surface area (Å²) in [5.74, 6) is -3.09. The molecule has 4 aliphatic carbocycles. The zero-order valence-electron chi connectivity index (χ0n) is 17.5. The number of carboxylic acid groups (broad SMARTS) is 1. The molecule has 0 aromatic carbocycles. The molecular weight excluding hydrogens is 402 g/mol. The lowest BCUT2D eigenvalue weighted by Crippen LogP contribution is -2.47. The van der Waals surface area contributed by atoms with Crippen LogP contribution in [-0.2, 0) is 27.2 Å². The van der Waals surface area contributed by atoms with Crippen LogP contribution in [0.2, 0.25) is 0 Å². The summed E-state index contributed by atoms with van der Waals surface area (Å²) in [6, 6.07) is 0. The summed E-state index contributed by atoms with van der Waals surface area (Å²) < 4.78 is 5.60. The molecule has 0 unspecified atom stereocenters. The summed E-state index contributed by atoms with van der Waals surface area (Å²) in [5, 5.41) is 13.2. The van der Waals surface area contributed by atoms with Gasteiger partial charge < -0.3 is 15.2 Å². The van der Waals surface area contributed by atoms with Crippen LogP contribution >= 0.6 is 11.3 Å². The first-order valence-electron chi connectivity index (χ1n) is 11.0. The summed E-state index contributed by atoms with van der Waals surface area (Å²) in [6.07, 6.45) is 9.89. The van der Waals surface area contributed by atoms with Crippen molar-refractivity contribution in [2.45, 2.75) is 64.9 Å². The molecule has 1 amide bonds. The average Bonchev–Trinajstić information content (AvgIpc) is 3.11. The fraction of sp³-hybridized carbons (Fsp3) is 0.609. The van der Waals surface area contributed by atoms with E-state index in [1.807, 2.05) is 26.0 Å². The zero-order chi connectivity index (χ0) is 21.4. The quantitative estimate of drug-likeness (QED) is 0.513. The van der Waals surface area contributed by atoms with Gasteiger partial charge >= 0.3 is 11.9 Å². The summed E-state index contributed by atoms with van der Waals surface area (Å²) >= 11 is 1.45. The van der Waals surface area contributed by atoms with Gasteiger partial charge in [-0.2, -0.15) is 0 Å². The van der Waals surface area contributed by atoms with E-state index < -0.39 is 17.8 Å². The number of ether oxygens (including phenoxy) is 1. The predicted octanol–water partition coefficient (Wildman–Crippen LogP) is 4.43. The Morgan fingerprint density at radius 3 is 2.47 bits per heavy atom. The van der Waals surface area contributed by atoms with Gasteiger partial charge in [-0.15, -0.1) is 11.3 Å². The van der Waals surface area contributed by atoms with E-state index in [1.54, 1.807) is 0 Å². The molecule has 1 fully saturated rings. The number of amides is 1. The van der Waals surface area contributed by atoms with Crippen molar-refractivity contribution in [3.05, 3.63) is 28.2 Å². The molecule has 4 aliphatic rings. The third-order valence-corrected chi connectivity index (χ3v) is 8.04. The lowest BCUT2D eigenvalue weighted by atomic mass is 9.62. The minimum atomic E-state index is -0.920. The summed E-state index contributed by atoms with van der Waals surface area (Å²) in [5.41, 5.74) is 1.47. The Kier molecular flexibility index (Phi) is 6.00. The molecule has 6 nitrogen and oxygen atoms in total. The number of rotatable bonds is 6. The van der Waals surface area contributed by atoms with E-state index in [9.17, 15) is 19.5 Å². The van der Waals surface area contributed by atoms with Crippen LogP contribution in [0.5, 0.6) is 0 Å². The smallest absolute Gasteiger partial charge is 0.341 e. The van der Waals surface area contributed by atoms with Crippen molar-refractivity contribution >= 4 is 34.2 Å². The number of hydrogen-bond donors (Lipinski definition) is 2. The van der Waals surface area contributed by atoms with Crippen LogP contribution in [0.15, 0.2) is 12.2 Å². The van der Waals surface area contributed by atoms with Crippen molar-refractivity contribution in [3.63, 3.8) is 0 Å². The van der Waals surface area contributed by atoms with Crippen LogP contribution < -0.4 is 5.32 Å². The van der Waals surface area contributed by atoms with Gasteiger partial charge in [0.2, 0.25) is 5.91 Å². The molecule has 0 spiro atoms. The zero-order valence-corrected chi connectivity index (χ0v) is 18.3. The second-order valence-corrected chi connectivity index (χ2v) is 9.81. The molecule has 1 heterocycles. The monoisotopic (exact) mass is 431 g/mol. The van der Waals surface area contributed by atoms with Crippen LogP contribution in [0.25, 0.3) is 0 Å². The first-order valence-corrected chi connectivity index (χ1v) is 11.8. The molecule has 1 aromatic rings. The average molecular weight is 432 g/mol. The first-order chi connectivity index (χ1) is 14.4. The molecule has 162 valence electrons. The van der Waals surface area contributed by atoms with Crippen molar-refractivity contribution < 1.29 is 24.2 Å². The van der Waals surface area contributed by atoms with Gasteiger partial charge in [-0.3, -0.25) is 9.59 Å². The maximum absolute atomic E-state index is 13.3. The molecule has 7 heteroatoms. The highest BCUT2D eigenvalue weighted by molar-refractivity contribution is 7.17. The summed E-state index contributed by atoms with van der Waals surface area (Å²) in [7, 11) is 0. The van der Waals surface area contributed by atoms with Crippen molar-refractivity contribution in [3.8, 4) is 0 Å². The van der Waals surface area contributed by atoms with Gasteiger partial charge in [-0.1, -0.05) is 19.1 Å². The number of anilines is 1. The van der Waals surface area contributed by atoms with Gasteiger partial charge in [0.15, 0.2) is 0 Å². The molecule has 0 aliphatic heterocycles. The maximum Gasteiger partial charge on any atom is 0.341 e. The molecule has 0 saturated heterocycles. The van der Waals surface area contributed by atoms with Crippen LogP contribution in [0.1, 0.15) is 66.8 Å². The number of carbonyl (C=O) groups is 3. The Balaban J connectivity index is 1.63. The topological polar surface area (TPSA) is 92.7 Å². The van der Waals surface area contributed by atoms with Gasteiger partial charge in [0, 0.05) is 4.88 Å². The highest BCUT2D eigenvalue weighted by Gasteiger charge is 2.48. The van der Waals surface area contributed by atoms with E-state index in [2.05, 4.69) is 5.32 Å². The maximum atomic E-state index is 13.3. The Labute approximate surface area is 180 Å². The third-order valence-electron chi connectivity index (χ3n) is 6.83. The number of carbonyl (C=O) groups excluding carboxylic acids is 2. The van der Waals surface area contributed by atoms with Crippen LogP contribution in [0.3, 0.4) is 0 Å². The van der Waals surface area contributed by atoms with E-state index in [4.69, 9.17) is 4.74 Å². The molecule has 0 radical (unpaired) electrons. The normalized spacial score (nSPS) is 27.9. The summed E-state index contributed by atoms with van der Waals surface area (Å²) in [4.78, 5) is 39.3. The van der Waals surface area contributed by atoms with Crippen LogP contribution in [-0.4, -0.2) is 29.1 Å². The van der Waals surface area contributed by atoms with Gasteiger partial charge in [-0.25, -0.2) is 4.79 Å². The number of fused-ring (bicyclic) bond motifs is 3. The van der Waals surface area contributed by atoms with Crippen molar-refractivity contribution in [2.24, 2.45) is 23.7 Å². The molecule has 30 heavy (non-hydrogen) atoms. The number of carboxylic acids is 1. The largest absolute Gasteiger partial charge is 0.481 e. The third kappa shape index (κ3) is 3.80. The number of allylic oxidation sites excluding steroid dienone is 2. The molecular formula is C23H29NO5S. The first kappa shape index (κ1) is 21.1. The van der Waals surface area contributed by atoms with E-state index in [1.165, 1.54) is 11.3 Å². The predicted molar refractivity (Wildman–Crippen MR) is 115 cm³/mol. The molecule has 2 N–H and O–H groups in total. The van der Waals surface area contributed by atoms with E-state index in [0.717, 1.165) is 55.4 Å². The van der Waals surface area contributed by atoms with Gasteiger partial charge in [0.1, 0.15) is 5.00 Å². The van der Waals surface area contributed by atoms with Crippen molar-refractivity contribution in [1.82, 2.24) is 0 Å². The van der Waals surface area contributed by atoms with Crippen LogP contribution in [0, 0.1) is 23.7 Å². The second kappa shape index (κ2) is 8.53. The minimum Gasteiger partial charge on any atom is -0.481 e. The lowest BCUT2D eigenvalue weighted by molar-refractivity contribution is -0.151. The Morgan fingerprint density at radius 2 is 1.83 bits per heavy atom. The fourth-order valence-corrected chi connectivity index (χ4v) is 6.36. The highest BCUT2D eigenvalue weighted by atomic mass is 32.1. The standard InChI is InChI=1S/C23H29NO5S/c1-3-12(2)29-23(28)19-15-6-4-5-7-16(15)30-21(19)24-20(25)17-13-8-10-14(11-9-13)18(17)22(26)27/h8,10,12-14,17-18H,3-7,9,11H2,1-2H3,(H,24,25)(H,26,27)/t12-,13+,14+,17+,18+/m1/s1. The van der Waals surface area contributed by atoms with Gasteiger partial charge in [0.05, 0.1) is 23.5 Å². The van der Waals surface area contributed by atoms with E-state index in [-0.39, 0.29) is 29.8 Å². The number of thiophene rings is 1. The summed E-state index contributed by atoms with van der Waals surface area (Å²) in [6.45, 7) is 3.82. The highest BCUT2D eigenvalue weighted by Crippen LogP contribution is 2.46. The van der Waals surface area contributed by atoms with Gasteiger partial charge in [0.25, 0.3) is 0 Å². The van der Waals surface area contributed by atoms with Crippen molar-refractivity contribution in [2.75, 3.05) is 5.32 Å². The molecule has 1 saturated carbocycles. The van der Waals surface area contributed by atoms with E-state index >= 15 is 0 Å². The molecule has 1 aromatic heterocycles. The molecule has 5 atom stereocenters. The van der Waals surface area contributed by atoms with Crippen LogP contribution in [0.4, 0.5) is 5.00 Å². The van der Waals surface area contributed by atoms with E-state index in [0.29, 0.717) is 10.6 Å². The number of esters is 1. The minimum absolute atomic E-state index is 0.0683. The fourth-order valence-electron chi connectivity index (χ4n) is 5.08. The Morgan fingerprint density at radius 1 is 1.17 bits per heavy atom. The SMILES string of the molecule is CC[C@@H](C)OC(=O)c1c(NC(=O)[C@@H]2[C@@H](C(=O)O)[C@H]3C=C[C@H]2CC3)sc2c1CCCC2. The second-order valence-electron chi connectivity index (χ2n) is 8.71. The molecule has 2 bridgehead atoms.